The molecule has 3 N–H and O–H groups in total. The molecule has 1 rings (SSSR count). The van der Waals surface area contributed by atoms with Crippen LogP contribution >= 0.6 is 37.2 Å². The third-order valence-corrected chi connectivity index (χ3v) is 1.10. The van der Waals surface area contributed by atoms with Crippen LogP contribution in [0.5, 0.6) is 0 Å². The van der Waals surface area contributed by atoms with E-state index in [9.17, 15) is 0 Å². The normalized spacial score (nSPS) is 23.0. The number of rotatable bonds is 0. The molecule has 9 heavy (non-hydrogen) atoms. The van der Waals surface area contributed by atoms with E-state index in [-0.39, 0.29) is 37.2 Å². The van der Waals surface area contributed by atoms with Crippen molar-refractivity contribution in [2.24, 2.45) is 5.73 Å². The van der Waals surface area contributed by atoms with Gasteiger partial charge in [0.25, 0.3) is 0 Å². The van der Waals surface area contributed by atoms with Crippen LogP contribution in [0.15, 0.2) is 0 Å². The van der Waals surface area contributed by atoms with Crippen LogP contribution in [0.1, 0.15) is 6.42 Å². The van der Waals surface area contributed by atoms with E-state index in [1.165, 1.54) is 0 Å². The molecule has 1 heterocycles. The van der Waals surface area contributed by atoms with Crippen molar-refractivity contribution in [2.75, 3.05) is 13.1 Å². The molecule has 0 radical (unpaired) electrons. The lowest BCUT2D eigenvalue weighted by molar-refractivity contribution is 0.742. The Morgan fingerprint density at radius 3 is 1.89 bits per heavy atom. The standard InChI is InChI=1S/C4H10N2.3ClH/c5-4-1-2-6-3-4;;;/h4,6H,1-3,5H2;3*1H. The van der Waals surface area contributed by atoms with E-state index in [1.54, 1.807) is 0 Å². The van der Waals surface area contributed by atoms with Gasteiger partial charge in [-0.25, -0.2) is 0 Å². The Hall–Kier alpha value is 0.790. The number of halogens is 3. The van der Waals surface area contributed by atoms with E-state index < -0.39 is 0 Å². The molecule has 0 spiro atoms. The summed E-state index contributed by atoms with van der Waals surface area (Å²) in [5.41, 5.74) is 5.47. The topological polar surface area (TPSA) is 38.0 Å². The highest BCUT2D eigenvalue weighted by atomic mass is 35.5. The van der Waals surface area contributed by atoms with Crippen LogP contribution in [0.2, 0.25) is 0 Å². The van der Waals surface area contributed by atoms with E-state index in [2.05, 4.69) is 5.32 Å². The van der Waals surface area contributed by atoms with Crippen LogP contribution in [0.4, 0.5) is 0 Å². The van der Waals surface area contributed by atoms with Crippen molar-refractivity contribution in [2.45, 2.75) is 12.5 Å². The number of hydrogen-bond acceptors (Lipinski definition) is 2. The minimum atomic E-state index is 0. The molecule has 0 aromatic carbocycles. The molecule has 0 aromatic heterocycles. The average molecular weight is 196 g/mol. The van der Waals surface area contributed by atoms with Crippen molar-refractivity contribution < 1.29 is 0 Å². The van der Waals surface area contributed by atoms with Gasteiger partial charge < -0.3 is 11.1 Å². The van der Waals surface area contributed by atoms with E-state index in [0.717, 1.165) is 19.5 Å². The summed E-state index contributed by atoms with van der Waals surface area (Å²) in [5.74, 6) is 0. The Labute approximate surface area is 74.2 Å². The second-order valence-electron chi connectivity index (χ2n) is 1.75. The molecule has 0 amide bonds. The molecule has 1 aliphatic rings. The molecule has 0 bridgehead atoms. The molecule has 60 valence electrons. The van der Waals surface area contributed by atoms with Crippen molar-refractivity contribution >= 4 is 37.2 Å². The number of nitrogens with one attached hydrogen (secondary N) is 1. The quantitative estimate of drug-likeness (QED) is 0.593. The van der Waals surface area contributed by atoms with E-state index in [0.29, 0.717) is 6.04 Å². The summed E-state index contributed by atoms with van der Waals surface area (Å²) in [7, 11) is 0. The Bertz CT molecular complexity index is 47.1. The van der Waals surface area contributed by atoms with Gasteiger partial charge in [-0.3, -0.25) is 0 Å². The summed E-state index contributed by atoms with van der Waals surface area (Å²) in [6, 6.07) is 0.435. The lowest BCUT2D eigenvalue weighted by Crippen LogP contribution is -2.21. The predicted molar refractivity (Wildman–Crippen MR) is 47.2 cm³/mol. The summed E-state index contributed by atoms with van der Waals surface area (Å²) in [6.45, 7) is 2.13. The Morgan fingerprint density at radius 1 is 1.22 bits per heavy atom. The van der Waals surface area contributed by atoms with E-state index in [1.807, 2.05) is 0 Å². The Balaban J connectivity index is -0.000000120. The zero-order chi connectivity index (χ0) is 4.41. The van der Waals surface area contributed by atoms with Crippen molar-refractivity contribution in [1.82, 2.24) is 5.32 Å². The lowest BCUT2D eigenvalue weighted by atomic mass is 10.3. The zero-order valence-corrected chi connectivity index (χ0v) is 7.45. The lowest BCUT2D eigenvalue weighted by Gasteiger charge is -1.91. The first-order chi connectivity index (χ1) is 2.89. The first-order valence-electron chi connectivity index (χ1n) is 2.36. The van der Waals surface area contributed by atoms with Crippen LogP contribution in [-0.2, 0) is 0 Å². The molecular formula is C4H13Cl3N2. The monoisotopic (exact) mass is 194 g/mol. The van der Waals surface area contributed by atoms with Gasteiger partial charge in [0.1, 0.15) is 0 Å². The minimum absolute atomic E-state index is 0. The maximum absolute atomic E-state index is 5.47. The van der Waals surface area contributed by atoms with Gasteiger partial charge in [-0.2, -0.15) is 0 Å². The fourth-order valence-electron chi connectivity index (χ4n) is 0.677. The highest BCUT2D eigenvalue weighted by Gasteiger charge is 2.06. The molecule has 2 nitrogen and oxygen atoms in total. The van der Waals surface area contributed by atoms with Crippen molar-refractivity contribution in [3.05, 3.63) is 0 Å². The van der Waals surface area contributed by atoms with Gasteiger partial charge in [-0.15, -0.1) is 37.2 Å². The van der Waals surface area contributed by atoms with Crippen LogP contribution in [0.3, 0.4) is 0 Å². The van der Waals surface area contributed by atoms with Gasteiger partial charge in [0.2, 0.25) is 0 Å². The van der Waals surface area contributed by atoms with Gasteiger partial charge in [0.15, 0.2) is 0 Å². The molecule has 0 saturated carbocycles. The van der Waals surface area contributed by atoms with Crippen LogP contribution in [-0.4, -0.2) is 19.1 Å². The molecule has 1 unspecified atom stereocenters. The summed E-state index contributed by atoms with van der Waals surface area (Å²) >= 11 is 0. The molecule has 0 aromatic rings. The minimum Gasteiger partial charge on any atom is -0.327 e. The first-order valence-corrected chi connectivity index (χ1v) is 2.36. The molecule has 1 saturated heterocycles. The maximum atomic E-state index is 5.47. The summed E-state index contributed by atoms with van der Waals surface area (Å²) < 4.78 is 0. The van der Waals surface area contributed by atoms with Gasteiger partial charge in [-0.1, -0.05) is 0 Å². The second-order valence-corrected chi connectivity index (χ2v) is 1.75. The van der Waals surface area contributed by atoms with Gasteiger partial charge in [0, 0.05) is 12.6 Å². The molecule has 1 aliphatic heterocycles. The summed E-state index contributed by atoms with van der Waals surface area (Å²) in [6.07, 6.45) is 1.15. The molecule has 5 heteroatoms. The molecule has 1 atom stereocenters. The fourth-order valence-corrected chi connectivity index (χ4v) is 0.677. The summed E-state index contributed by atoms with van der Waals surface area (Å²) in [4.78, 5) is 0. The van der Waals surface area contributed by atoms with Crippen molar-refractivity contribution in [1.29, 1.82) is 0 Å². The third-order valence-electron chi connectivity index (χ3n) is 1.10. The Morgan fingerprint density at radius 2 is 1.78 bits per heavy atom. The fraction of sp³-hybridized carbons (Fsp3) is 1.00. The van der Waals surface area contributed by atoms with Crippen LogP contribution in [0.25, 0.3) is 0 Å². The molecule has 1 fully saturated rings. The average Bonchev–Trinajstić information content (AvgIpc) is 1.86. The van der Waals surface area contributed by atoms with Crippen LogP contribution in [0, 0.1) is 0 Å². The number of nitrogens with two attached hydrogens (primary N) is 1. The van der Waals surface area contributed by atoms with Crippen molar-refractivity contribution in [3.8, 4) is 0 Å². The molecule has 0 aliphatic carbocycles. The highest BCUT2D eigenvalue weighted by molar-refractivity contribution is 5.86. The first kappa shape index (κ1) is 16.4. The largest absolute Gasteiger partial charge is 0.327 e. The Kier molecular flexibility index (Phi) is 16.0. The van der Waals surface area contributed by atoms with Gasteiger partial charge in [0.05, 0.1) is 0 Å². The SMILES string of the molecule is Cl.Cl.Cl.NC1CCNC1. The van der Waals surface area contributed by atoms with Gasteiger partial charge >= 0.3 is 0 Å². The van der Waals surface area contributed by atoms with E-state index >= 15 is 0 Å². The van der Waals surface area contributed by atoms with Crippen molar-refractivity contribution in [3.63, 3.8) is 0 Å². The highest BCUT2D eigenvalue weighted by Crippen LogP contribution is 1.90. The van der Waals surface area contributed by atoms with E-state index in [4.69, 9.17) is 5.73 Å². The predicted octanol–water partition coefficient (Wildman–Crippen LogP) is 0.572. The number of hydrogen-bond donors (Lipinski definition) is 2. The van der Waals surface area contributed by atoms with Gasteiger partial charge in [-0.05, 0) is 13.0 Å². The molecular weight excluding hydrogens is 182 g/mol. The summed E-state index contributed by atoms with van der Waals surface area (Å²) in [5, 5.41) is 3.15. The third kappa shape index (κ3) is 6.68. The second kappa shape index (κ2) is 8.79. The maximum Gasteiger partial charge on any atom is 0.0177 e. The van der Waals surface area contributed by atoms with Crippen LogP contribution < -0.4 is 11.1 Å². The zero-order valence-electron chi connectivity index (χ0n) is 5.00. The smallest absolute Gasteiger partial charge is 0.0177 e.